The van der Waals surface area contributed by atoms with Gasteiger partial charge in [-0.05, 0) is 7.05 Å². The fourth-order valence-corrected chi connectivity index (χ4v) is 1.61. The molecule has 3 N–H and O–H groups in total. The first-order valence-electron chi connectivity index (χ1n) is 4.32. The van der Waals surface area contributed by atoms with E-state index in [0.717, 1.165) is 0 Å². The van der Waals surface area contributed by atoms with Gasteiger partial charge in [-0.1, -0.05) is 0 Å². The van der Waals surface area contributed by atoms with Gasteiger partial charge in [-0.3, -0.25) is 4.79 Å². The Kier molecular flexibility index (Phi) is 3.24. The van der Waals surface area contributed by atoms with Gasteiger partial charge in [0.25, 0.3) is 0 Å². The van der Waals surface area contributed by atoms with Crippen molar-refractivity contribution >= 4 is 5.91 Å². The number of aliphatic hydroxyl groups is 2. The first-order valence-corrected chi connectivity index (χ1v) is 4.32. The number of nitrogens with zero attached hydrogens (tertiary/aromatic N) is 1. The van der Waals surface area contributed by atoms with Crippen molar-refractivity contribution in [1.29, 1.82) is 0 Å². The van der Waals surface area contributed by atoms with Gasteiger partial charge in [-0.25, -0.2) is 0 Å². The molecular weight excluding hydrogens is 172 g/mol. The van der Waals surface area contributed by atoms with Crippen molar-refractivity contribution in [3.8, 4) is 0 Å². The van der Waals surface area contributed by atoms with Crippen LogP contribution in [0.1, 0.15) is 6.92 Å². The monoisotopic (exact) mass is 188 g/mol. The van der Waals surface area contributed by atoms with E-state index in [-0.39, 0.29) is 11.9 Å². The third kappa shape index (κ3) is 2.65. The third-order valence-corrected chi connectivity index (χ3v) is 2.20. The van der Waals surface area contributed by atoms with E-state index in [1.165, 1.54) is 6.92 Å². The van der Waals surface area contributed by atoms with Crippen molar-refractivity contribution in [2.45, 2.75) is 25.2 Å². The van der Waals surface area contributed by atoms with Gasteiger partial charge in [0.2, 0.25) is 5.91 Å². The molecule has 0 saturated carbocycles. The van der Waals surface area contributed by atoms with Gasteiger partial charge in [0.15, 0.2) is 0 Å². The summed E-state index contributed by atoms with van der Waals surface area (Å²) in [6.07, 6.45) is -1.64. The highest BCUT2D eigenvalue weighted by Gasteiger charge is 2.33. The average Bonchev–Trinajstić information content (AvgIpc) is 1.98. The van der Waals surface area contributed by atoms with E-state index >= 15 is 0 Å². The lowest BCUT2D eigenvalue weighted by Gasteiger charge is -2.37. The van der Waals surface area contributed by atoms with Crippen LogP contribution in [0.3, 0.4) is 0 Å². The lowest BCUT2D eigenvalue weighted by Crippen LogP contribution is -2.60. The highest BCUT2D eigenvalue weighted by Crippen LogP contribution is 2.09. The summed E-state index contributed by atoms with van der Waals surface area (Å²) in [5, 5.41) is 21.5. The van der Waals surface area contributed by atoms with E-state index < -0.39 is 12.2 Å². The summed E-state index contributed by atoms with van der Waals surface area (Å²) < 4.78 is 0. The first-order chi connectivity index (χ1) is 6.00. The summed E-state index contributed by atoms with van der Waals surface area (Å²) in [6.45, 7) is 2.41. The number of likely N-dealkylation sites (tertiary alicyclic amines) is 1. The van der Waals surface area contributed by atoms with Crippen LogP contribution >= 0.6 is 0 Å². The quantitative estimate of drug-likeness (QED) is 0.452. The molecule has 1 aliphatic heterocycles. The molecule has 1 fully saturated rings. The zero-order chi connectivity index (χ0) is 10.0. The van der Waals surface area contributed by atoms with Crippen LogP contribution in [0.2, 0.25) is 0 Å². The summed E-state index contributed by atoms with van der Waals surface area (Å²) in [7, 11) is 1.84. The Morgan fingerprint density at radius 1 is 1.46 bits per heavy atom. The summed E-state index contributed by atoms with van der Waals surface area (Å²) >= 11 is 0. The number of carbonyl (C=O) groups excluding carboxylic acids is 1. The first kappa shape index (κ1) is 10.4. The Balaban J connectivity index is 2.55. The van der Waals surface area contributed by atoms with Crippen molar-refractivity contribution in [1.82, 2.24) is 10.2 Å². The second kappa shape index (κ2) is 4.04. The maximum absolute atomic E-state index is 10.7. The van der Waals surface area contributed by atoms with Crippen LogP contribution in [-0.2, 0) is 4.79 Å². The Morgan fingerprint density at radius 3 is 2.62 bits per heavy atom. The van der Waals surface area contributed by atoms with Crippen molar-refractivity contribution in [2.75, 3.05) is 20.1 Å². The molecule has 3 atom stereocenters. The molecule has 0 spiro atoms. The van der Waals surface area contributed by atoms with Crippen LogP contribution in [0.15, 0.2) is 0 Å². The lowest BCUT2D eigenvalue weighted by atomic mass is 10.00. The van der Waals surface area contributed by atoms with Crippen LogP contribution in [0.4, 0.5) is 0 Å². The molecule has 0 aromatic carbocycles. The summed E-state index contributed by atoms with van der Waals surface area (Å²) in [4.78, 5) is 12.6. The van der Waals surface area contributed by atoms with Crippen LogP contribution in [0, 0.1) is 0 Å². The number of aliphatic hydroxyl groups excluding tert-OH is 2. The van der Waals surface area contributed by atoms with Crippen molar-refractivity contribution in [2.24, 2.45) is 0 Å². The third-order valence-electron chi connectivity index (χ3n) is 2.20. The van der Waals surface area contributed by atoms with Crippen LogP contribution in [0.25, 0.3) is 0 Å². The molecule has 0 aromatic heterocycles. The maximum atomic E-state index is 10.7. The highest BCUT2D eigenvalue weighted by molar-refractivity contribution is 5.73. The van der Waals surface area contributed by atoms with Crippen LogP contribution in [0.5, 0.6) is 0 Å². The molecule has 13 heavy (non-hydrogen) atoms. The van der Waals surface area contributed by atoms with Gasteiger partial charge in [0.1, 0.15) is 6.10 Å². The predicted octanol–water partition coefficient (Wildman–Crippen LogP) is -1.84. The fourth-order valence-electron chi connectivity index (χ4n) is 1.61. The van der Waals surface area contributed by atoms with E-state index in [0.29, 0.717) is 13.1 Å². The number of β-amino-alcohol motifs (C(OH)–C–C–N with tert-alkyl or cyclic N) is 1. The Morgan fingerprint density at radius 2 is 2.08 bits per heavy atom. The van der Waals surface area contributed by atoms with Gasteiger partial charge in [0, 0.05) is 20.0 Å². The SMILES string of the molecule is CC(=O)N[C@H]1CN(C)C[C@@H](O)[C@H]1O. The minimum atomic E-state index is -0.861. The van der Waals surface area contributed by atoms with Gasteiger partial charge >= 0.3 is 0 Å². The zero-order valence-electron chi connectivity index (χ0n) is 7.90. The van der Waals surface area contributed by atoms with E-state index in [9.17, 15) is 15.0 Å². The number of hydrogen-bond donors (Lipinski definition) is 3. The molecule has 0 radical (unpaired) electrons. The number of nitrogens with one attached hydrogen (secondary N) is 1. The largest absolute Gasteiger partial charge is 0.389 e. The van der Waals surface area contributed by atoms with Gasteiger partial charge in [-0.2, -0.15) is 0 Å². The van der Waals surface area contributed by atoms with Crippen molar-refractivity contribution < 1.29 is 15.0 Å². The molecule has 0 aliphatic carbocycles. The normalized spacial score (nSPS) is 35.8. The Hall–Kier alpha value is -0.650. The number of hydrogen-bond acceptors (Lipinski definition) is 4. The van der Waals surface area contributed by atoms with E-state index in [1.54, 1.807) is 0 Å². The van der Waals surface area contributed by atoms with Crippen molar-refractivity contribution in [3.63, 3.8) is 0 Å². The van der Waals surface area contributed by atoms with Gasteiger partial charge in [0.05, 0.1) is 12.1 Å². The zero-order valence-corrected chi connectivity index (χ0v) is 7.90. The number of carbonyl (C=O) groups is 1. The van der Waals surface area contributed by atoms with Crippen LogP contribution in [-0.4, -0.2) is 59.4 Å². The molecule has 5 heteroatoms. The second-order valence-corrected chi connectivity index (χ2v) is 3.59. The summed E-state index contributed by atoms with van der Waals surface area (Å²) in [5.41, 5.74) is 0. The molecule has 0 aromatic rings. The highest BCUT2D eigenvalue weighted by atomic mass is 16.3. The van der Waals surface area contributed by atoms with E-state index in [4.69, 9.17) is 0 Å². The number of rotatable bonds is 1. The molecular formula is C8H16N2O3. The molecule has 1 amide bonds. The number of piperidine rings is 1. The number of amides is 1. The number of likely N-dealkylation sites (N-methyl/N-ethyl adjacent to an activating group) is 1. The molecule has 1 aliphatic rings. The smallest absolute Gasteiger partial charge is 0.217 e. The maximum Gasteiger partial charge on any atom is 0.217 e. The molecule has 0 bridgehead atoms. The lowest BCUT2D eigenvalue weighted by molar-refractivity contribution is -0.123. The van der Waals surface area contributed by atoms with E-state index in [2.05, 4.69) is 5.32 Å². The predicted molar refractivity (Wildman–Crippen MR) is 47.1 cm³/mol. The minimum Gasteiger partial charge on any atom is -0.389 e. The molecule has 1 saturated heterocycles. The van der Waals surface area contributed by atoms with Gasteiger partial charge in [-0.15, -0.1) is 0 Å². The molecule has 0 unspecified atom stereocenters. The minimum absolute atomic E-state index is 0.188. The molecule has 5 nitrogen and oxygen atoms in total. The fraction of sp³-hybridized carbons (Fsp3) is 0.875. The Labute approximate surface area is 77.3 Å². The molecule has 76 valence electrons. The topological polar surface area (TPSA) is 72.8 Å². The summed E-state index contributed by atoms with van der Waals surface area (Å²) in [6, 6.07) is -0.369. The van der Waals surface area contributed by atoms with Crippen molar-refractivity contribution in [3.05, 3.63) is 0 Å². The second-order valence-electron chi connectivity index (χ2n) is 3.59. The van der Waals surface area contributed by atoms with Gasteiger partial charge < -0.3 is 20.4 Å². The summed E-state index contributed by atoms with van der Waals surface area (Å²) in [5.74, 6) is -0.188. The Bertz CT molecular complexity index is 198. The molecule has 1 rings (SSSR count). The van der Waals surface area contributed by atoms with E-state index in [1.807, 2.05) is 11.9 Å². The average molecular weight is 188 g/mol. The standard InChI is InChI=1S/C8H16N2O3/c1-5(11)9-6-3-10(2)4-7(12)8(6)13/h6-8,12-13H,3-4H2,1-2H3,(H,9,11)/t6-,7+,8-/m0/s1. The van der Waals surface area contributed by atoms with Crippen LogP contribution < -0.4 is 5.32 Å². The molecule has 1 heterocycles.